The zero-order valence-corrected chi connectivity index (χ0v) is 18.8. The zero-order valence-electron chi connectivity index (χ0n) is 18.8. The van der Waals surface area contributed by atoms with Crippen LogP contribution in [0, 0.1) is 41.5 Å². The summed E-state index contributed by atoms with van der Waals surface area (Å²) in [6, 6.07) is 23.0. The number of hydrogen-bond acceptors (Lipinski definition) is 2. The molecule has 0 fully saturated rings. The van der Waals surface area contributed by atoms with Gasteiger partial charge in [0.2, 0.25) is 0 Å². The molecule has 0 atom stereocenters. The average Bonchev–Trinajstić information content (AvgIpc) is 2.73. The van der Waals surface area contributed by atoms with E-state index in [0.29, 0.717) is 0 Å². The van der Waals surface area contributed by atoms with Crippen molar-refractivity contribution in [1.82, 2.24) is 9.97 Å². The fourth-order valence-electron chi connectivity index (χ4n) is 3.42. The van der Waals surface area contributed by atoms with Gasteiger partial charge < -0.3 is 0 Å². The van der Waals surface area contributed by atoms with Crippen LogP contribution in [0.15, 0.2) is 72.9 Å². The van der Waals surface area contributed by atoms with Gasteiger partial charge in [-0.05, 0) is 82.5 Å². The number of rotatable bonds is 2. The maximum atomic E-state index is 4.55. The first-order valence-corrected chi connectivity index (χ1v) is 10.4. The van der Waals surface area contributed by atoms with Crippen molar-refractivity contribution in [3.8, 4) is 22.5 Å². The SMILES string of the molecule is Cc1cccc(-c2cccc(C)n2)c1.Cc1cccc(-c2ncc(C)c(C)c2C)c1. The summed E-state index contributed by atoms with van der Waals surface area (Å²) in [5.74, 6) is 0. The van der Waals surface area contributed by atoms with Gasteiger partial charge in [-0.25, -0.2) is 0 Å². The Morgan fingerprint density at radius 1 is 0.600 bits per heavy atom. The van der Waals surface area contributed by atoms with Gasteiger partial charge in [-0.1, -0.05) is 53.6 Å². The smallest absolute Gasteiger partial charge is 0.0734 e. The van der Waals surface area contributed by atoms with Crippen molar-refractivity contribution in [3.05, 3.63) is 106 Å². The second kappa shape index (κ2) is 9.49. The van der Waals surface area contributed by atoms with E-state index in [1.165, 1.54) is 38.9 Å². The van der Waals surface area contributed by atoms with Crippen molar-refractivity contribution in [2.45, 2.75) is 41.5 Å². The van der Waals surface area contributed by atoms with E-state index in [1.54, 1.807) is 0 Å². The number of pyridine rings is 2. The molecule has 30 heavy (non-hydrogen) atoms. The summed E-state index contributed by atoms with van der Waals surface area (Å²) in [7, 11) is 0. The number of benzene rings is 2. The third-order valence-electron chi connectivity index (χ3n) is 5.39. The summed E-state index contributed by atoms with van der Waals surface area (Å²) >= 11 is 0. The highest BCUT2D eigenvalue weighted by Gasteiger charge is 2.07. The standard InChI is InChI=1S/C15H17N.C13H13N/c1-10-6-5-7-14(8-10)15-13(4)12(3)11(2)9-16-15;1-10-5-3-7-12(9-10)13-8-4-6-11(2)14-13/h5-9H,1-4H3;3-9H,1-2H3. The molecule has 2 heterocycles. The molecule has 0 saturated carbocycles. The summed E-state index contributed by atoms with van der Waals surface area (Å²) < 4.78 is 0. The molecular formula is C28H30N2. The van der Waals surface area contributed by atoms with Crippen molar-refractivity contribution >= 4 is 0 Å². The predicted octanol–water partition coefficient (Wildman–Crippen LogP) is 7.35. The van der Waals surface area contributed by atoms with Gasteiger partial charge in [0.1, 0.15) is 0 Å². The molecule has 0 amide bonds. The molecule has 0 saturated heterocycles. The minimum Gasteiger partial charge on any atom is -0.256 e. The van der Waals surface area contributed by atoms with Crippen LogP contribution in [0.1, 0.15) is 33.5 Å². The maximum absolute atomic E-state index is 4.55. The molecule has 2 nitrogen and oxygen atoms in total. The van der Waals surface area contributed by atoms with Gasteiger partial charge >= 0.3 is 0 Å². The third kappa shape index (κ3) is 5.21. The summed E-state index contributed by atoms with van der Waals surface area (Å²) in [5.41, 5.74) is 12.0. The second-order valence-electron chi connectivity index (χ2n) is 7.94. The minimum atomic E-state index is 1.05. The number of hydrogen-bond donors (Lipinski definition) is 0. The molecule has 0 unspecified atom stereocenters. The van der Waals surface area contributed by atoms with E-state index in [2.05, 4.69) is 93.1 Å². The fourth-order valence-corrected chi connectivity index (χ4v) is 3.42. The van der Waals surface area contributed by atoms with Crippen molar-refractivity contribution in [1.29, 1.82) is 0 Å². The van der Waals surface area contributed by atoms with Gasteiger partial charge in [0, 0.05) is 23.0 Å². The summed E-state index contributed by atoms with van der Waals surface area (Å²) in [4.78, 5) is 9.03. The zero-order chi connectivity index (χ0) is 21.7. The first-order valence-electron chi connectivity index (χ1n) is 10.4. The molecule has 4 aromatic rings. The molecule has 0 spiro atoms. The molecular weight excluding hydrogens is 364 g/mol. The van der Waals surface area contributed by atoms with Gasteiger partial charge in [-0.2, -0.15) is 0 Å². The summed E-state index contributed by atoms with van der Waals surface area (Å²) in [6.45, 7) is 12.6. The Kier molecular flexibility index (Phi) is 6.79. The lowest BCUT2D eigenvalue weighted by atomic mass is 9.99. The molecule has 0 N–H and O–H groups in total. The first kappa shape index (κ1) is 21.4. The van der Waals surface area contributed by atoms with Crippen molar-refractivity contribution in [2.75, 3.05) is 0 Å². The Hall–Kier alpha value is -3.26. The van der Waals surface area contributed by atoms with E-state index < -0.39 is 0 Å². The van der Waals surface area contributed by atoms with Crippen LogP contribution in [-0.2, 0) is 0 Å². The van der Waals surface area contributed by atoms with Crippen LogP contribution in [0.5, 0.6) is 0 Å². The highest BCUT2D eigenvalue weighted by Crippen LogP contribution is 2.25. The summed E-state index contributed by atoms with van der Waals surface area (Å²) in [5, 5.41) is 0. The summed E-state index contributed by atoms with van der Waals surface area (Å²) in [6.07, 6.45) is 1.96. The van der Waals surface area contributed by atoms with E-state index in [1.807, 2.05) is 31.3 Å². The Morgan fingerprint density at radius 2 is 1.20 bits per heavy atom. The molecule has 152 valence electrons. The van der Waals surface area contributed by atoms with E-state index in [0.717, 1.165) is 17.1 Å². The molecule has 2 aromatic carbocycles. The van der Waals surface area contributed by atoms with Crippen LogP contribution in [0.4, 0.5) is 0 Å². The lowest BCUT2D eigenvalue weighted by Crippen LogP contribution is -1.94. The molecule has 0 radical (unpaired) electrons. The minimum absolute atomic E-state index is 1.05. The molecule has 4 rings (SSSR count). The van der Waals surface area contributed by atoms with Gasteiger partial charge in [-0.3, -0.25) is 9.97 Å². The van der Waals surface area contributed by atoms with E-state index in [4.69, 9.17) is 0 Å². The molecule has 0 bridgehead atoms. The Balaban J connectivity index is 0.000000172. The molecule has 0 aliphatic heterocycles. The third-order valence-corrected chi connectivity index (χ3v) is 5.39. The number of aromatic nitrogens is 2. The van der Waals surface area contributed by atoms with Gasteiger partial charge in [-0.15, -0.1) is 0 Å². The van der Waals surface area contributed by atoms with Crippen LogP contribution in [0.3, 0.4) is 0 Å². The second-order valence-corrected chi connectivity index (χ2v) is 7.94. The van der Waals surface area contributed by atoms with Crippen LogP contribution in [0.2, 0.25) is 0 Å². The normalized spacial score (nSPS) is 10.3. The van der Waals surface area contributed by atoms with Crippen molar-refractivity contribution in [2.24, 2.45) is 0 Å². The number of nitrogens with zero attached hydrogens (tertiary/aromatic N) is 2. The van der Waals surface area contributed by atoms with Crippen LogP contribution in [-0.4, -0.2) is 9.97 Å². The average molecular weight is 395 g/mol. The monoisotopic (exact) mass is 394 g/mol. The van der Waals surface area contributed by atoms with Crippen molar-refractivity contribution < 1.29 is 0 Å². The van der Waals surface area contributed by atoms with Gasteiger partial charge in [0.25, 0.3) is 0 Å². The molecule has 2 heteroatoms. The lowest BCUT2D eigenvalue weighted by Gasteiger charge is -2.10. The predicted molar refractivity (Wildman–Crippen MR) is 128 cm³/mol. The Morgan fingerprint density at radius 3 is 1.83 bits per heavy atom. The van der Waals surface area contributed by atoms with Crippen LogP contribution < -0.4 is 0 Å². The number of aryl methyl sites for hydroxylation is 4. The molecule has 0 aliphatic carbocycles. The van der Waals surface area contributed by atoms with Gasteiger partial charge in [0.15, 0.2) is 0 Å². The Bertz CT molecular complexity index is 1120. The largest absolute Gasteiger partial charge is 0.256 e. The highest BCUT2D eigenvalue weighted by atomic mass is 14.7. The maximum Gasteiger partial charge on any atom is 0.0734 e. The van der Waals surface area contributed by atoms with E-state index >= 15 is 0 Å². The van der Waals surface area contributed by atoms with Crippen LogP contribution in [0.25, 0.3) is 22.5 Å². The Labute approximate surface area is 180 Å². The highest BCUT2D eigenvalue weighted by molar-refractivity contribution is 5.65. The topological polar surface area (TPSA) is 25.8 Å². The van der Waals surface area contributed by atoms with Crippen LogP contribution >= 0.6 is 0 Å². The van der Waals surface area contributed by atoms with Crippen molar-refractivity contribution in [3.63, 3.8) is 0 Å². The molecule has 0 aliphatic rings. The molecule has 2 aromatic heterocycles. The van der Waals surface area contributed by atoms with Gasteiger partial charge in [0.05, 0.1) is 11.4 Å². The lowest BCUT2D eigenvalue weighted by molar-refractivity contribution is 1.17. The first-order chi connectivity index (χ1) is 14.3. The van der Waals surface area contributed by atoms with E-state index in [9.17, 15) is 0 Å². The quantitative estimate of drug-likeness (QED) is 0.355. The fraction of sp³-hybridized carbons (Fsp3) is 0.214. The van der Waals surface area contributed by atoms with E-state index in [-0.39, 0.29) is 0 Å².